The molecule has 4 rings (SSSR count). The van der Waals surface area contributed by atoms with Gasteiger partial charge in [0.2, 0.25) is 0 Å². The monoisotopic (exact) mass is 619 g/mol. The summed E-state index contributed by atoms with van der Waals surface area (Å²) in [6, 6.07) is 19.5. The number of imide groups is 1. The number of rotatable bonds is 7. The SMILES string of the molecule is O=C(CN1C(=O)S/C(=C/c2ccc(OCc3ccc(Cl)cc3)c(Br)c2)C1=O)c1ccc(Br)cc1. The number of benzene rings is 3. The molecule has 0 atom stereocenters. The quantitative estimate of drug-likeness (QED) is 0.204. The van der Waals surface area contributed by atoms with Gasteiger partial charge in [-0.3, -0.25) is 19.3 Å². The van der Waals surface area contributed by atoms with Gasteiger partial charge in [0.05, 0.1) is 15.9 Å². The minimum Gasteiger partial charge on any atom is -0.488 e. The Morgan fingerprint density at radius 2 is 1.71 bits per heavy atom. The molecule has 0 radical (unpaired) electrons. The van der Waals surface area contributed by atoms with E-state index in [1.807, 2.05) is 12.1 Å². The zero-order chi connectivity index (χ0) is 24.2. The number of halogens is 3. The van der Waals surface area contributed by atoms with E-state index in [9.17, 15) is 14.4 Å². The molecule has 0 aliphatic carbocycles. The zero-order valence-electron chi connectivity index (χ0n) is 17.5. The Morgan fingerprint density at radius 1 is 1.00 bits per heavy atom. The summed E-state index contributed by atoms with van der Waals surface area (Å²) in [6.45, 7) is 0.0746. The molecule has 2 amide bonds. The van der Waals surface area contributed by atoms with Gasteiger partial charge in [0, 0.05) is 15.1 Å². The van der Waals surface area contributed by atoms with Crippen molar-refractivity contribution in [2.75, 3.05) is 6.54 Å². The zero-order valence-corrected chi connectivity index (χ0v) is 22.2. The van der Waals surface area contributed by atoms with Gasteiger partial charge in [0.15, 0.2) is 5.78 Å². The van der Waals surface area contributed by atoms with Gasteiger partial charge in [-0.2, -0.15) is 0 Å². The lowest BCUT2D eigenvalue weighted by Crippen LogP contribution is -2.33. The van der Waals surface area contributed by atoms with Crippen molar-refractivity contribution in [3.63, 3.8) is 0 Å². The molecule has 9 heteroatoms. The Morgan fingerprint density at radius 3 is 2.38 bits per heavy atom. The van der Waals surface area contributed by atoms with Crippen LogP contribution < -0.4 is 4.74 Å². The van der Waals surface area contributed by atoms with Crippen molar-refractivity contribution in [1.29, 1.82) is 0 Å². The maximum Gasteiger partial charge on any atom is 0.293 e. The van der Waals surface area contributed by atoms with Crippen LogP contribution in [0.2, 0.25) is 5.02 Å². The number of hydrogen-bond acceptors (Lipinski definition) is 5. The first kappa shape index (κ1) is 24.7. The topological polar surface area (TPSA) is 63.7 Å². The summed E-state index contributed by atoms with van der Waals surface area (Å²) in [5.41, 5.74) is 2.13. The van der Waals surface area contributed by atoms with E-state index in [0.717, 1.165) is 32.3 Å². The van der Waals surface area contributed by atoms with E-state index in [0.29, 0.717) is 27.4 Å². The van der Waals surface area contributed by atoms with Crippen LogP contribution in [0.15, 0.2) is 80.6 Å². The van der Waals surface area contributed by atoms with Gasteiger partial charge in [-0.15, -0.1) is 0 Å². The normalized spacial score (nSPS) is 14.7. The van der Waals surface area contributed by atoms with Crippen LogP contribution in [0.3, 0.4) is 0 Å². The van der Waals surface area contributed by atoms with Crippen molar-refractivity contribution in [3.05, 3.63) is 102 Å². The highest BCUT2D eigenvalue weighted by Gasteiger charge is 2.36. The fraction of sp³-hybridized carbons (Fsp3) is 0.0800. The molecule has 0 bridgehead atoms. The maximum atomic E-state index is 12.8. The van der Waals surface area contributed by atoms with Crippen LogP contribution >= 0.6 is 55.2 Å². The van der Waals surface area contributed by atoms with Crippen molar-refractivity contribution in [2.45, 2.75) is 6.61 Å². The predicted molar refractivity (Wildman–Crippen MR) is 141 cm³/mol. The van der Waals surface area contributed by atoms with E-state index in [1.165, 1.54) is 0 Å². The molecule has 5 nitrogen and oxygen atoms in total. The average molecular weight is 622 g/mol. The van der Waals surface area contributed by atoms with Crippen molar-refractivity contribution in [3.8, 4) is 5.75 Å². The Bertz CT molecular complexity index is 1290. The third-order valence-electron chi connectivity index (χ3n) is 4.90. The third kappa shape index (κ3) is 5.99. The van der Waals surface area contributed by atoms with Crippen LogP contribution in [0.5, 0.6) is 5.75 Å². The van der Waals surface area contributed by atoms with Gasteiger partial charge in [-0.1, -0.05) is 57.9 Å². The van der Waals surface area contributed by atoms with Crippen molar-refractivity contribution in [2.24, 2.45) is 0 Å². The fourth-order valence-electron chi connectivity index (χ4n) is 3.12. The summed E-state index contributed by atoms with van der Waals surface area (Å²) in [7, 11) is 0. The van der Waals surface area contributed by atoms with Gasteiger partial charge in [0.25, 0.3) is 11.1 Å². The number of thioether (sulfide) groups is 1. The highest BCUT2D eigenvalue weighted by Crippen LogP contribution is 2.34. The second-order valence-corrected chi connectivity index (χ2v) is 10.5. The van der Waals surface area contributed by atoms with E-state index >= 15 is 0 Å². The molecule has 3 aromatic carbocycles. The van der Waals surface area contributed by atoms with Crippen LogP contribution in [0.4, 0.5) is 4.79 Å². The molecule has 0 aromatic heterocycles. The second-order valence-electron chi connectivity index (χ2n) is 7.30. The highest BCUT2D eigenvalue weighted by atomic mass is 79.9. The fourth-order valence-corrected chi connectivity index (χ4v) is 4.86. The number of hydrogen-bond donors (Lipinski definition) is 0. The van der Waals surface area contributed by atoms with Gasteiger partial charge in [-0.25, -0.2) is 0 Å². The number of ketones is 1. The van der Waals surface area contributed by atoms with Gasteiger partial charge in [-0.05, 0) is 81.3 Å². The van der Waals surface area contributed by atoms with E-state index in [1.54, 1.807) is 60.7 Å². The summed E-state index contributed by atoms with van der Waals surface area (Å²) in [5.74, 6) is -0.152. The van der Waals surface area contributed by atoms with E-state index in [-0.39, 0.29) is 17.2 Å². The molecule has 1 aliphatic rings. The lowest BCUT2D eigenvalue weighted by atomic mass is 10.1. The van der Waals surface area contributed by atoms with Gasteiger partial charge < -0.3 is 4.74 Å². The molecule has 3 aromatic rings. The van der Waals surface area contributed by atoms with Crippen molar-refractivity contribution >= 4 is 78.2 Å². The van der Waals surface area contributed by atoms with Crippen LogP contribution in [-0.2, 0) is 11.4 Å². The number of Topliss-reactive ketones (excluding diaryl/α,β-unsaturated/α-hetero) is 1. The van der Waals surface area contributed by atoms with Crippen LogP contribution in [0, 0.1) is 0 Å². The average Bonchev–Trinajstić information content (AvgIpc) is 3.07. The minimum atomic E-state index is -0.486. The van der Waals surface area contributed by atoms with Gasteiger partial charge >= 0.3 is 0 Å². The first-order chi connectivity index (χ1) is 16.3. The number of ether oxygens (including phenoxy) is 1. The van der Waals surface area contributed by atoms with E-state index < -0.39 is 11.1 Å². The van der Waals surface area contributed by atoms with Crippen LogP contribution in [0.25, 0.3) is 6.08 Å². The number of nitrogens with zero attached hydrogens (tertiary/aromatic N) is 1. The lowest BCUT2D eigenvalue weighted by Gasteiger charge is -2.11. The summed E-state index contributed by atoms with van der Waals surface area (Å²) in [4.78, 5) is 38.9. The maximum absolute atomic E-state index is 12.8. The van der Waals surface area contributed by atoms with Crippen molar-refractivity contribution < 1.29 is 19.1 Å². The number of carbonyl (C=O) groups is 3. The predicted octanol–water partition coefficient (Wildman–Crippen LogP) is 7.36. The Labute approximate surface area is 222 Å². The van der Waals surface area contributed by atoms with Crippen LogP contribution in [0.1, 0.15) is 21.5 Å². The summed E-state index contributed by atoms with van der Waals surface area (Å²) >= 11 is 13.5. The highest BCUT2D eigenvalue weighted by molar-refractivity contribution is 9.10. The molecule has 0 unspecified atom stereocenters. The molecule has 1 heterocycles. The molecule has 172 valence electrons. The number of carbonyl (C=O) groups excluding carboxylic acids is 3. The molecule has 0 saturated carbocycles. The first-order valence-electron chi connectivity index (χ1n) is 10.0. The molecule has 1 fully saturated rings. The molecule has 0 N–H and O–H groups in total. The standard InChI is InChI=1S/C25H16Br2ClNO4S/c26-18-6-4-17(5-7-18)21(30)13-29-24(31)23(34-25(29)32)12-16-3-10-22(20(27)11-16)33-14-15-1-8-19(28)9-2-15/h1-12H,13-14H2/b23-12+. The summed E-state index contributed by atoms with van der Waals surface area (Å²) in [5, 5.41) is 0.195. The number of amides is 2. The van der Waals surface area contributed by atoms with Crippen LogP contribution in [-0.4, -0.2) is 28.4 Å². The smallest absolute Gasteiger partial charge is 0.293 e. The Kier molecular flexibility index (Phi) is 7.93. The summed E-state index contributed by atoms with van der Waals surface area (Å²) in [6.07, 6.45) is 1.63. The Hall–Kier alpha value is -2.39. The van der Waals surface area contributed by atoms with Crippen molar-refractivity contribution in [1.82, 2.24) is 4.90 Å². The minimum absolute atomic E-state index is 0.260. The summed E-state index contributed by atoms with van der Waals surface area (Å²) < 4.78 is 7.40. The molecular formula is C25H16Br2ClNO4S. The molecule has 1 saturated heterocycles. The second kappa shape index (κ2) is 10.9. The molecule has 34 heavy (non-hydrogen) atoms. The molecule has 0 spiro atoms. The Balaban J connectivity index is 1.43. The van der Waals surface area contributed by atoms with Gasteiger partial charge in [0.1, 0.15) is 12.4 Å². The largest absolute Gasteiger partial charge is 0.488 e. The van der Waals surface area contributed by atoms with E-state index in [4.69, 9.17) is 16.3 Å². The van der Waals surface area contributed by atoms with E-state index in [2.05, 4.69) is 31.9 Å². The lowest BCUT2D eigenvalue weighted by molar-refractivity contribution is -0.122. The molecular weight excluding hydrogens is 606 g/mol. The molecule has 1 aliphatic heterocycles. The third-order valence-corrected chi connectivity index (χ3v) is 7.21. The first-order valence-corrected chi connectivity index (χ1v) is 12.8.